The molecular formula is C8H18N2O2. The predicted molar refractivity (Wildman–Crippen MR) is 46.6 cm³/mol. The summed E-state index contributed by atoms with van der Waals surface area (Å²) in [5.74, 6) is 0. The van der Waals surface area contributed by atoms with Crippen molar-refractivity contribution >= 4 is 0 Å². The van der Waals surface area contributed by atoms with Crippen LogP contribution in [0.4, 0.5) is 0 Å². The lowest BCUT2D eigenvalue weighted by Crippen LogP contribution is -2.49. The van der Waals surface area contributed by atoms with E-state index in [4.69, 9.17) is 21.3 Å². The standard InChI is InChI=1S/C8H18N2O2/c1-5-6(9)2-3-8(12-5)7(10)4-11/h5-8,11H,2-4,9-10H2,1H3/t5-,6-,7?,8?/m1/s1. The maximum atomic E-state index is 8.80. The molecule has 1 heterocycles. The average molecular weight is 174 g/mol. The van der Waals surface area contributed by atoms with E-state index in [1.165, 1.54) is 0 Å². The highest BCUT2D eigenvalue weighted by atomic mass is 16.5. The van der Waals surface area contributed by atoms with Gasteiger partial charge in [0.25, 0.3) is 0 Å². The van der Waals surface area contributed by atoms with Crippen LogP contribution in [0.25, 0.3) is 0 Å². The normalized spacial score (nSPS) is 39.5. The summed E-state index contributed by atoms with van der Waals surface area (Å²) in [6.45, 7) is 1.92. The van der Waals surface area contributed by atoms with Gasteiger partial charge in [0, 0.05) is 6.04 Å². The second-order valence-electron chi connectivity index (χ2n) is 3.47. The second-order valence-corrected chi connectivity index (χ2v) is 3.47. The van der Waals surface area contributed by atoms with E-state index in [1.807, 2.05) is 6.92 Å². The number of hydrogen-bond donors (Lipinski definition) is 3. The highest BCUT2D eigenvalue weighted by Crippen LogP contribution is 2.19. The van der Waals surface area contributed by atoms with Crippen molar-refractivity contribution in [3.8, 4) is 0 Å². The molecule has 0 amide bonds. The van der Waals surface area contributed by atoms with Gasteiger partial charge in [-0.3, -0.25) is 0 Å². The third kappa shape index (κ3) is 2.17. The monoisotopic (exact) mass is 174 g/mol. The zero-order valence-corrected chi connectivity index (χ0v) is 7.44. The van der Waals surface area contributed by atoms with E-state index in [0.29, 0.717) is 0 Å². The van der Waals surface area contributed by atoms with E-state index in [-0.39, 0.29) is 30.9 Å². The van der Waals surface area contributed by atoms with Gasteiger partial charge in [-0.25, -0.2) is 0 Å². The van der Waals surface area contributed by atoms with Gasteiger partial charge in [-0.05, 0) is 19.8 Å². The number of aliphatic hydroxyl groups excluding tert-OH is 1. The highest BCUT2D eigenvalue weighted by Gasteiger charge is 2.28. The van der Waals surface area contributed by atoms with Crippen molar-refractivity contribution in [2.24, 2.45) is 11.5 Å². The zero-order valence-electron chi connectivity index (χ0n) is 7.44. The minimum Gasteiger partial charge on any atom is -0.395 e. The lowest BCUT2D eigenvalue weighted by molar-refractivity contribution is -0.0684. The first kappa shape index (κ1) is 9.92. The molecule has 1 aliphatic heterocycles. The van der Waals surface area contributed by atoms with E-state index >= 15 is 0 Å². The Labute approximate surface area is 72.9 Å². The number of hydrogen-bond acceptors (Lipinski definition) is 4. The third-order valence-electron chi connectivity index (χ3n) is 2.47. The van der Waals surface area contributed by atoms with Crippen molar-refractivity contribution in [2.75, 3.05) is 6.61 Å². The number of ether oxygens (including phenoxy) is 1. The Hall–Kier alpha value is -0.160. The molecular weight excluding hydrogens is 156 g/mol. The van der Waals surface area contributed by atoms with Crippen LogP contribution in [-0.2, 0) is 4.74 Å². The fourth-order valence-corrected chi connectivity index (χ4v) is 1.47. The minimum atomic E-state index is -0.264. The zero-order chi connectivity index (χ0) is 9.14. The van der Waals surface area contributed by atoms with Gasteiger partial charge >= 0.3 is 0 Å². The van der Waals surface area contributed by atoms with Gasteiger partial charge in [-0.1, -0.05) is 0 Å². The summed E-state index contributed by atoms with van der Waals surface area (Å²) < 4.78 is 5.54. The Bertz CT molecular complexity index is 143. The maximum Gasteiger partial charge on any atom is 0.0753 e. The molecule has 0 aromatic heterocycles. The minimum absolute atomic E-state index is 0.0212. The maximum absolute atomic E-state index is 8.80. The van der Waals surface area contributed by atoms with E-state index in [1.54, 1.807) is 0 Å². The van der Waals surface area contributed by atoms with Crippen molar-refractivity contribution in [3.63, 3.8) is 0 Å². The van der Waals surface area contributed by atoms with Crippen molar-refractivity contribution in [3.05, 3.63) is 0 Å². The van der Waals surface area contributed by atoms with Gasteiger partial charge in [0.05, 0.1) is 24.9 Å². The van der Waals surface area contributed by atoms with Crippen LogP contribution in [0.5, 0.6) is 0 Å². The summed E-state index contributed by atoms with van der Waals surface area (Å²) in [5, 5.41) is 8.80. The van der Waals surface area contributed by atoms with Crippen LogP contribution in [0.2, 0.25) is 0 Å². The van der Waals surface area contributed by atoms with Crippen molar-refractivity contribution in [2.45, 2.75) is 44.1 Å². The van der Waals surface area contributed by atoms with Gasteiger partial charge in [0.1, 0.15) is 0 Å². The van der Waals surface area contributed by atoms with Crippen LogP contribution in [0, 0.1) is 0 Å². The van der Waals surface area contributed by atoms with Crippen molar-refractivity contribution < 1.29 is 9.84 Å². The summed E-state index contributed by atoms with van der Waals surface area (Å²) in [6.07, 6.45) is 1.82. The van der Waals surface area contributed by atoms with Crippen LogP contribution in [-0.4, -0.2) is 36.0 Å². The van der Waals surface area contributed by atoms with Crippen LogP contribution in [0.3, 0.4) is 0 Å². The quantitative estimate of drug-likeness (QED) is 0.512. The fourth-order valence-electron chi connectivity index (χ4n) is 1.47. The Morgan fingerprint density at radius 3 is 2.75 bits per heavy atom. The first-order valence-corrected chi connectivity index (χ1v) is 4.42. The first-order valence-electron chi connectivity index (χ1n) is 4.42. The van der Waals surface area contributed by atoms with Crippen LogP contribution >= 0.6 is 0 Å². The molecule has 1 aliphatic rings. The van der Waals surface area contributed by atoms with Gasteiger partial charge < -0.3 is 21.3 Å². The largest absolute Gasteiger partial charge is 0.395 e. The van der Waals surface area contributed by atoms with Crippen LogP contribution in [0.15, 0.2) is 0 Å². The summed E-state index contributed by atoms with van der Waals surface area (Å²) in [7, 11) is 0. The molecule has 1 fully saturated rings. The van der Waals surface area contributed by atoms with Crippen LogP contribution in [0.1, 0.15) is 19.8 Å². The van der Waals surface area contributed by atoms with Gasteiger partial charge in [0.2, 0.25) is 0 Å². The Balaban J connectivity index is 2.39. The average Bonchev–Trinajstić information content (AvgIpc) is 2.08. The molecule has 1 saturated heterocycles. The molecule has 0 bridgehead atoms. The number of rotatable bonds is 2. The Kier molecular flexibility index (Phi) is 3.46. The van der Waals surface area contributed by atoms with E-state index in [9.17, 15) is 0 Å². The Morgan fingerprint density at radius 2 is 2.25 bits per heavy atom. The molecule has 4 nitrogen and oxygen atoms in total. The molecule has 0 aromatic rings. The highest BCUT2D eigenvalue weighted by molar-refractivity contribution is 4.83. The van der Waals surface area contributed by atoms with Crippen molar-refractivity contribution in [1.82, 2.24) is 0 Å². The molecule has 2 unspecified atom stereocenters. The topological polar surface area (TPSA) is 81.5 Å². The molecule has 1 rings (SSSR count). The molecule has 72 valence electrons. The van der Waals surface area contributed by atoms with Gasteiger partial charge in [-0.15, -0.1) is 0 Å². The number of aliphatic hydroxyl groups is 1. The van der Waals surface area contributed by atoms with E-state index in [2.05, 4.69) is 0 Å². The van der Waals surface area contributed by atoms with Crippen molar-refractivity contribution in [1.29, 1.82) is 0 Å². The fraction of sp³-hybridized carbons (Fsp3) is 1.00. The molecule has 0 aromatic carbocycles. The summed E-state index contributed by atoms with van der Waals surface area (Å²) in [5.41, 5.74) is 11.4. The molecule has 0 radical (unpaired) electrons. The molecule has 0 spiro atoms. The summed E-state index contributed by atoms with van der Waals surface area (Å²) >= 11 is 0. The lowest BCUT2D eigenvalue weighted by Gasteiger charge is -2.34. The molecule has 5 N–H and O–H groups in total. The predicted octanol–water partition coefficient (Wildman–Crippen LogP) is -0.799. The second kappa shape index (κ2) is 4.18. The Morgan fingerprint density at radius 1 is 1.58 bits per heavy atom. The smallest absolute Gasteiger partial charge is 0.0753 e. The van der Waals surface area contributed by atoms with Crippen LogP contribution < -0.4 is 11.5 Å². The summed E-state index contributed by atoms with van der Waals surface area (Å²) in [6, 6.07) is -0.146. The third-order valence-corrected chi connectivity index (χ3v) is 2.47. The first-order chi connectivity index (χ1) is 5.65. The lowest BCUT2D eigenvalue weighted by atomic mass is 9.97. The molecule has 0 saturated carbocycles. The molecule has 4 atom stereocenters. The molecule has 12 heavy (non-hydrogen) atoms. The number of nitrogens with two attached hydrogens (primary N) is 2. The van der Waals surface area contributed by atoms with E-state index < -0.39 is 0 Å². The van der Waals surface area contributed by atoms with Gasteiger partial charge in [0.15, 0.2) is 0 Å². The van der Waals surface area contributed by atoms with E-state index in [0.717, 1.165) is 12.8 Å². The van der Waals surface area contributed by atoms with Gasteiger partial charge in [-0.2, -0.15) is 0 Å². The SMILES string of the molecule is C[C@H]1OC(C(N)CO)CC[C@H]1N. The molecule has 4 heteroatoms. The molecule has 0 aliphatic carbocycles. The summed E-state index contributed by atoms with van der Waals surface area (Å²) in [4.78, 5) is 0.